The summed E-state index contributed by atoms with van der Waals surface area (Å²) in [5.41, 5.74) is 5.49. The van der Waals surface area contributed by atoms with E-state index in [1.165, 1.54) is 30.0 Å². The fourth-order valence-electron chi connectivity index (χ4n) is 2.77. The Morgan fingerprint density at radius 1 is 1.18 bits per heavy atom. The molecule has 1 aromatic rings. The predicted octanol–water partition coefficient (Wildman–Crippen LogP) is 2.72. The van der Waals surface area contributed by atoms with Crippen molar-refractivity contribution in [2.75, 3.05) is 0 Å². The molecule has 0 saturated heterocycles. The Morgan fingerprint density at radius 3 is 2.35 bits per heavy atom. The van der Waals surface area contributed by atoms with Crippen LogP contribution in [0.25, 0.3) is 0 Å². The second-order valence-electron chi connectivity index (χ2n) is 4.65. The summed E-state index contributed by atoms with van der Waals surface area (Å²) in [5.74, 6) is 0.308. The van der Waals surface area contributed by atoms with Gasteiger partial charge < -0.3 is 5.11 Å². The van der Waals surface area contributed by atoms with Crippen LogP contribution in [-0.2, 0) is 24.2 Å². The van der Waals surface area contributed by atoms with Crippen LogP contribution in [0.3, 0.4) is 0 Å². The number of hydrogen-bond donors (Lipinski definition) is 1. The van der Waals surface area contributed by atoms with E-state index in [0.29, 0.717) is 5.75 Å². The number of aliphatic imine (C=N–C) groups is 1. The summed E-state index contributed by atoms with van der Waals surface area (Å²) < 4.78 is 0. The first-order valence-corrected chi connectivity index (χ1v) is 6.03. The minimum absolute atomic E-state index is 0.231. The molecule has 0 atom stereocenters. The topological polar surface area (TPSA) is 49.7 Å². The van der Waals surface area contributed by atoms with Crippen molar-refractivity contribution < 1.29 is 9.90 Å². The highest BCUT2D eigenvalue weighted by Crippen LogP contribution is 2.36. The van der Waals surface area contributed by atoms with Crippen molar-refractivity contribution in [1.82, 2.24) is 0 Å². The number of phenols is 1. The highest BCUT2D eigenvalue weighted by molar-refractivity contribution is 5.55. The van der Waals surface area contributed by atoms with Gasteiger partial charge in [0.15, 0.2) is 0 Å². The quantitative estimate of drug-likeness (QED) is 0.628. The molecule has 0 aliphatic heterocycles. The molecule has 2 rings (SSSR count). The lowest BCUT2D eigenvalue weighted by Gasteiger charge is -2.23. The summed E-state index contributed by atoms with van der Waals surface area (Å²) in [6.45, 7) is 4.20. The fraction of sp³-hybridized carbons (Fsp3) is 0.500. The number of isocyanates is 1. The molecule has 0 bridgehead atoms. The predicted molar refractivity (Wildman–Crippen MR) is 66.0 cm³/mol. The standard InChI is InChI=1S/C14H17NO2/c1-9-11-5-3-4-6-12(11)10(2)14(17)13(9)7-15-8-16/h17H,3-7H2,1-2H3. The van der Waals surface area contributed by atoms with E-state index in [4.69, 9.17) is 0 Å². The number of phenolic OH excluding ortho intramolecular Hbond substituents is 1. The zero-order chi connectivity index (χ0) is 12.4. The van der Waals surface area contributed by atoms with Crippen molar-refractivity contribution in [1.29, 1.82) is 0 Å². The van der Waals surface area contributed by atoms with Crippen LogP contribution >= 0.6 is 0 Å². The Balaban J connectivity index is 2.60. The van der Waals surface area contributed by atoms with E-state index in [2.05, 4.69) is 4.99 Å². The molecular formula is C14H17NO2. The minimum Gasteiger partial charge on any atom is -0.507 e. The molecule has 0 aromatic heterocycles. The van der Waals surface area contributed by atoms with E-state index in [-0.39, 0.29) is 6.54 Å². The number of fused-ring (bicyclic) bond motifs is 1. The average molecular weight is 231 g/mol. The number of carbonyl (C=O) groups excluding carboxylic acids is 1. The number of rotatable bonds is 2. The molecule has 3 nitrogen and oxygen atoms in total. The van der Waals surface area contributed by atoms with Gasteiger partial charge in [-0.15, -0.1) is 0 Å². The lowest BCUT2D eigenvalue weighted by atomic mass is 9.83. The normalized spacial score (nSPS) is 14.0. The highest BCUT2D eigenvalue weighted by Gasteiger charge is 2.20. The zero-order valence-corrected chi connectivity index (χ0v) is 10.3. The molecular weight excluding hydrogens is 214 g/mol. The molecule has 1 aromatic carbocycles. The summed E-state index contributed by atoms with van der Waals surface area (Å²) in [7, 11) is 0. The lowest BCUT2D eigenvalue weighted by Crippen LogP contribution is -2.09. The molecule has 1 aliphatic rings. The van der Waals surface area contributed by atoms with Crippen LogP contribution in [0.15, 0.2) is 4.99 Å². The highest BCUT2D eigenvalue weighted by atomic mass is 16.3. The first-order valence-electron chi connectivity index (χ1n) is 6.03. The molecule has 1 aliphatic carbocycles. The van der Waals surface area contributed by atoms with Crippen molar-refractivity contribution in [3.05, 3.63) is 27.8 Å². The molecule has 0 unspecified atom stereocenters. The second kappa shape index (κ2) is 4.72. The van der Waals surface area contributed by atoms with Gasteiger partial charge in [0.05, 0.1) is 6.54 Å². The first kappa shape index (κ1) is 11.9. The zero-order valence-electron chi connectivity index (χ0n) is 10.3. The van der Waals surface area contributed by atoms with E-state index in [1.807, 2.05) is 13.8 Å². The van der Waals surface area contributed by atoms with Gasteiger partial charge in [-0.25, -0.2) is 9.79 Å². The van der Waals surface area contributed by atoms with Crippen molar-refractivity contribution in [3.8, 4) is 5.75 Å². The Labute approximate surface area is 101 Å². The van der Waals surface area contributed by atoms with Gasteiger partial charge in [0.1, 0.15) is 5.75 Å². The first-order chi connectivity index (χ1) is 8.16. The molecule has 0 saturated carbocycles. The van der Waals surface area contributed by atoms with Crippen LogP contribution in [0.4, 0.5) is 0 Å². The van der Waals surface area contributed by atoms with Crippen LogP contribution in [0, 0.1) is 13.8 Å². The minimum atomic E-state index is 0.231. The van der Waals surface area contributed by atoms with E-state index < -0.39 is 0 Å². The molecule has 0 heterocycles. The third-order valence-electron chi connectivity index (χ3n) is 3.77. The Morgan fingerprint density at radius 2 is 1.76 bits per heavy atom. The smallest absolute Gasteiger partial charge is 0.235 e. The Kier molecular flexibility index (Phi) is 3.30. The number of aromatic hydroxyl groups is 1. The SMILES string of the molecule is Cc1c(O)c(CN=C=O)c(C)c2c1CCCC2. The number of hydrogen-bond acceptors (Lipinski definition) is 3. The maximum Gasteiger partial charge on any atom is 0.235 e. The van der Waals surface area contributed by atoms with Crippen LogP contribution < -0.4 is 0 Å². The van der Waals surface area contributed by atoms with Gasteiger partial charge in [0.2, 0.25) is 6.08 Å². The molecule has 17 heavy (non-hydrogen) atoms. The van der Waals surface area contributed by atoms with Gasteiger partial charge in [0, 0.05) is 5.56 Å². The van der Waals surface area contributed by atoms with Crippen LogP contribution in [0.5, 0.6) is 5.75 Å². The van der Waals surface area contributed by atoms with E-state index in [0.717, 1.165) is 29.5 Å². The molecule has 0 radical (unpaired) electrons. The second-order valence-corrected chi connectivity index (χ2v) is 4.65. The van der Waals surface area contributed by atoms with E-state index in [1.54, 1.807) is 0 Å². The molecule has 0 spiro atoms. The molecule has 90 valence electrons. The van der Waals surface area contributed by atoms with Crippen molar-refractivity contribution in [3.63, 3.8) is 0 Å². The summed E-state index contributed by atoms with van der Waals surface area (Å²) in [6, 6.07) is 0. The van der Waals surface area contributed by atoms with Crippen LogP contribution in [0.1, 0.15) is 40.7 Å². The van der Waals surface area contributed by atoms with Gasteiger partial charge in [-0.1, -0.05) is 0 Å². The summed E-state index contributed by atoms with van der Waals surface area (Å²) in [5, 5.41) is 10.2. The largest absolute Gasteiger partial charge is 0.507 e. The van der Waals surface area contributed by atoms with Crippen LogP contribution in [-0.4, -0.2) is 11.2 Å². The van der Waals surface area contributed by atoms with Crippen molar-refractivity contribution in [2.45, 2.75) is 46.1 Å². The third kappa shape index (κ3) is 1.98. The number of benzene rings is 1. The summed E-state index contributed by atoms with van der Waals surface area (Å²) in [4.78, 5) is 13.8. The molecule has 3 heteroatoms. The van der Waals surface area contributed by atoms with E-state index >= 15 is 0 Å². The molecule has 0 fully saturated rings. The Bertz CT molecular complexity index is 500. The maximum atomic E-state index is 10.2. The van der Waals surface area contributed by atoms with Crippen molar-refractivity contribution in [2.24, 2.45) is 4.99 Å². The molecule has 0 amide bonds. The van der Waals surface area contributed by atoms with Crippen molar-refractivity contribution >= 4 is 6.08 Å². The van der Waals surface area contributed by atoms with Gasteiger partial charge >= 0.3 is 0 Å². The monoisotopic (exact) mass is 231 g/mol. The maximum absolute atomic E-state index is 10.2. The average Bonchev–Trinajstić information content (AvgIpc) is 2.36. The summed E-state index contributed by atoms with van der Waals surface area (Å²) in [6.07, 6.45) is 6.05. The third-order valence-corrected chi connectivity index (χ3v) is 3.77. The van der Waals surface area contributed by atoms with E-state index in [9.17, 15) is 9.90 Å². The number of nitrogens with zero attached hydrogens (tertiary/aromatic N) is 1. The van der Waals surface area contributed by atoms with Gasteiger partial charge in [0.25, 0.3) is 0 Å². The fourth-order valence-corrected chi connectivity index (χ4v) is 2.77. The summed E-state index contributed by atoms with van der Waals surface area (Å²) >= 11 is 0. The lowest BCUT2D eigenvalue weighted by molar-refractivity contribution is 0.460. The van der Waals surface area contributed by atoms with Gasteiger partial charge in [-0.2, -0.15) is 0 Å². The molecule has 1 N–H and O–H groups in total. The van der Waals surface area contributed by atoms with Gasteiger partial charge in [-0.05, 0) is 61.8 Å². The Hall–Kier alpha value is -1.60. The van der Waals surface area contributed by atoms with Gasteiger partial charge in [-0.3, -0.25) is 0 Å². The van der Waals surface area contributed by atoms with Crippen LogP contribution in [0.2, 0.25) is 0 Å².